The standard InChI is InChI=1S/C29H27Br2N3O2/c1-3-29(35,4-2)23-13-12-19-25(32-23)20-14-17(36-15-16-8-9-16)10-11-18(20)26-27(19)34-28(33-26)24-21(30)6-5-7-22(24)31/h5-7,10-14,16,32,35H,3-4,8-9,15H2,1-2H3. The number of H-pyrrole nitrogens is 1. The molecule has 2 aromatic heterocycles. The maximum atomic E-state index is 11.3. The molecule has 0 atom stereocenters. The van der Waals surface area contributed by atoms with Crippen LogP contribution in [-0.2, 0) is 5.60 Å². The lowest BCUT2D eigenvalue weighted by atomic mass is 9.92. The molecular weight excluding hydrogens is 582 g/mol. The van der Waals surface area contributed by atoms with Crippen molar-refractivity contribution < 1.29 is 9.84 Å². The quantitative estimate of drug-likeness (QED) is 0.182. The van der Waals surface area contributed by atoms with Crippen LogP contribution in [0.1, 0.15) is 45.2 Å². The van der Waals surface area contributed by atoms with Crippen LogP contribution in [-0.4, -0.2) is 26.7 Å². The molecule has 5 nitrogen and oxygen atoms in total. The molecule has 1 fully saturated rings. The molecule has 3 aromatic carbocycles. The van der Waals surface area contributed by atoms with E-state index in [2.05, 4.69) is 55.0 Å². The van der Waals surface area contributed by atoms with Crippen molar-refractivity contribution in [2.24, 2.45) is 5.92 Å². The van der Waals surface area contributed by atoms with Gasteiger partial charge in [0.25, 0.3) is 0 Å². The molecule has 5 aromatic rings. The average Bonchev–Trinajstić information content (AvgIpc) is 3.63. The number of nitrogens with zero attached hydrogens (tertiary/aromatic N) is 2. The molecule has 2 heterocycles. The van der Waals surface area contributed by atoms with E-state index in [-0.39, 0.29) is 0 Å². The van der Waals surface area contributed by atoms with E-state index in [1.165, 1.54) is 12.8 Å². The van der Waals surface area contributed by atoms with Crippen LogP contribution in [0.5, 0.6) is 5.75 Å². The van der Waals surface area contributed by atoms with Crippen molar-refractivity contribution in [3.8, 4) is 17.1 Å². The van der Waals surface area contributed by atoms with Gasteiger partial charge in [-0.1, -0.05) is 19.9 Å². The molecule has 0 saturated heterocycles. The molecule has 2 N–H and O–H groups in total. The number of hydrogen-bond donors (Lipinski definition) is 2. The molecule has 6 rings (SSSR count). The summed E-state index contributed by atoms with van der Waals surface area (Å²) < 4.78 is 8.00. The zero-order valence-corrected chi connectivity index (χ0v) is 23.4. The van der Waals surface area contributed by atoms with Gasteiger partial charge in [0.2, 0.25) is 0 Å². The highest BCUT2D eigenvalue weighted by Gasteiger charge is 2.27. The predicted molar refractivity (Wildman–Crippen MR) is 152 cm³/mol. The second-order valence-electron chi connectivity index (χ2n) is 9.70. The van der Waals surface area contributed by atoms with Gasteiger partial charge in [-0.25, -0.2) is 9.97 Å². The minimum absolute atomic E-state index is 0.623. The van der Waals surface area contributed by atoms with Crippen molar-refractivity contribution in [3.05, 3.63) is 63.2 Å². The van der Waals surface area contributed by atoms with Crippen LogP contribution in [0.15, 0.2) is 57.5 Å². The molecule has 1 aliphatic rings. The van der Waals surface area contributed by atoms with Crippen LogP contribution in [0.4, 0.5) is 0 Å². The molecule has 0 amide bonds. The Morgan fingerprint density at radius 3 is 2.28 bits per heavy atom. The number of ether oxygens (including phenoxy) is 1. The van der Waals surface area contributed by atoms with Gasteiger partial charge in [0.15, 0.2) is 5.82 Å². The molecule has 0 aliphatic heterocycles. The van der Waals surface area contributed by atoms with Crippen molar-refractivity contribution in [3.63, 3.8) is 0 Å². The van der Waals surface area contributed by atoms with E-state index in [9.17, 15) is 5.11 Å². The summed E-state index contributed by atoms with van der Waals surface area (Å²) in [5.74, 6) is 2.19. The Balaban J connectivity index is 1.64. The highest BCUT2D eigenvalue weighted by atomic mass is 79.9. The highest BCUT2D eigenvalue weighted by Crippen LogP contribution is 2.40. The van der Waals surface area contributed by atoms with Crippen molar-refractivity contribution in [2.45, 2.75) is 45.1 Å². The fraction of sp³-hybridized carbons (Fsp3) is 0.310. The van der Waals surface area contributed by atoms with Crippen LogP contribution in [0.2, 0.25) is 0 Å². The summed E-state index contributed by atoms with van der Waals surface area (Å²) in [6, 6.07) is 16.2. The molecular formula is C29H27Br2N3O2. The SMILES string of the molecule is CCC(O)(CC)c1ccc2c3nc(-c4c(Br)cccc4Br)nc3c3ccc(OCC4CC4)cc3c2[nH]1. The Bertz CT molecular complexity index is 1600. The van der Waals surface area contributed by atoms with Crippen LogP contribution in [0.3, 0.4) is 0 Å². The second kappa shape index (κ2) is 9.12. The fourth-order valence-corrected chi connectivity index (χ4v) is 6.23. The van der Waals surface area contributed by atoms with Gasteiger partial charge in [0.1, 0.15) is 16.9 Å². The predicted octanol–water partition coefficient (Wildman–Crippen LogP) is 8.25. The maximum absolute atomic E-state index is 11.3. The number of benzene rings is 3. The maximum Gasteiger partial charge on any atom is 0.162 e. The van der Waals surface area contributed by atoms with E-state index < -0.39 is 5.60 Å². The van der Waals surface area contributed by atoms with Crippen molar-refractivity contribution in [1.29, 1.82) is 0 Å². The third kappa shape index (κ3) is 4.01. The van der Waals surface area contributed by atoms with Crippen molar-refractivity contribution >= 4 is 64.6 Å². The number of aromatic nitrogens is 3. The number of hydrogen-bond acceptors (Lipinski definition) is 4. The van der Waals surface area contributed by atoms with Crippen LogP contribution < -0.4 is 4.74 Å². The molecule has 184 valence electrons. The molecule has 7 heteroatoms. The van der Waals surface area contributed by atoms with Gasteiger partial charge in [-0.05, 0) is 106 Å². The van der Waals surface area contributed by atoms with E-state index in [0.29, 0.717) is 24.6 Å². The van der Waals surface area contributed by atoms with Gasteiger partial charge < -0.3 is 14.8 Å². The number of rotatable bonds is 7. The Labute approximate surface area is 226 Å². The first kappa shape index (κ1) is 23.9. The second-order valence-corrected chi connectivity index (χ2v) is 11.4. The summed E-state index contributed by atoms with van der Waals surface area (Å²) in [5.41, 5.74) is 3.43. The first-order valence-electron chi connectivity index (χ1n) is 12.5. The number of fused-ring (bicyclic) bond motifs is 6. The van der Waals surface area contributed by atoms with E-state index in [1.807, 2.05) is 44.2 Å². The average molecular weight is 609 g/mol. The third-order valence-corrected chi connectivity index (χ3v) is 8.74. The van der Waals surface area contributed by atoms with Crippen molar-refractivity contribution in [2.75, 3.05) is 6.61 Å². The van der Waals surface area contributed by atoms with Crippen LogP contribution in [0.25, 0.3) is 44.1 Å². The normalized spacial score (nSPS) is 14.2. The highest BCUT2D eigenvalue weighted by molar-refractivity contribution is 9.11. The Kier molecular flexibility index (Phi) is 6.05. The van der Waals surface area contributed by atoms with E-state index in [4.69, 9.17) is 14.7 Å². The first-order valence-corrected chi connectivity index (χ1v) is 14.1. The molecule has 36 heavy (non-hydrogen) atoms. The topological polar surface area (TPSA) is 71.0 Å². The van der Waals surface area contributed by atoms with Crippen molar-refractivity contribution in [1.82, 2.24) is 15.0 Å². The molecule has 0 bridgehead atoms. The van der Waals surface area contributed by atoms with Crippen LogP contribution >= 0.6 is 31.9 Å². The largest absolute Gasteiger partial charge is 0.493 e. The molecule has 0 unspecified atom stereocenters. The first-order chi connectivity index (χ1) is 17.4. The van der Waals surface area contributed by atoms with Crippen LogP contribution in [0, 0.1) is 5.92 Å². The number of aliphatic hydroxyl groups is 1. The van der Waals surface area contributed by atoms with Gasteiger partial charge >= 0.3 is 0 Å². The molecule has 0 radical (unpaired) electrons. The Morgan fingerprint density at radius 2 is 1.61 bits per heavy atom. The molecule has 1 saturated carbocycles. The van der Waals surface area contributed by atoms with Gasteiger partial charge in [-0.2, -0.15) is 0 Å². The zero-order chi connectivity index (χ0) is 25.0. The lowest BCUT2D eigenvalue weighted by Gasteiger charge is -2.26. The lowest BCUT2D eigenvalue weighted by Crippen LogP contribution is -2.24. The summed E-state index contributed by atoms with van der Waals surface area (Å²) in [7, 11) is 0. The fourth-order valence-electron chi connectivity index (χ4n) is 4.87. The van der Waals surface area contributed by atoms with E-state index in [0.717, 1.165) is 65.3 Å². The van der Waals surface area contributed by atoms with Gasteiger partial charge in [0.05, 0.1) is 17.6 Å². The number of aromatic amines is 1. The number of pyridine rings is 1. The summed E-state index contributed by atoms with van der Waals surface area (Å²) in [6.45, 7) is 4.77. The zero-order valence-electron chi connectivity index (χ0n) is 20.2. The molecule has 1 aliphatic carbocycles. The monoisotopic (exact) mass is 607 g/mol. The van der Waals surface area contributed by atoms with Gasteiger partial charge in [-0.3, -0.25) is 0 Å². The smallest absolute Gasteiger partial charge is 0.162 e. The summed E-state index contributed by atoms with van der Waals surface area (Å²) >= 11 is 7.34. The summed E-state index contributed by atoms with van der Waals surface area (Å²) in [6.07, 6.45) is 3.74. The number of nitrogens with one attached hydrogen (secondary N) is 1. The number of halogens is 2. The minimum Gasteiger partial charge on any atom is -0.493 e. The lowest BCUT2D eigenvalue weighted by molar-refractivity contribution is 0.0243. The Morgan fingerprint density at radius 1 is 0.944 bits per heavy atom. The minimum atomic E-state index is -0.918. The summed E-state index contributed by atoms with van der Waals surface area (Å²) in [5, 5.41) is 14.3. The number of imidazole rings is 1. The van der Waals surface area contributed by atoms with E-state index >= 15 is 0 Å². The third-order valence-electron chi connectivity index (χ3n) is 7.42. The Hall–Kier alpha value is -2.48. The van der Waals surface area contributed by atoms with Gasteiger partial charge in [0, 0.05) is 36.4 Å². The molecule has 0 spiro atoms. The summed E-state index contributed by atoms with van der Waals surface area (Å²) in [4.78, 5) is 13.6. The van der Waals surface area contributed by atoms with E-state index in [1.54, 1.807) is 0 Å². The van der Waals surface area contributed by atoms with Gasteiger partial charge in [-0.15, -0.1) is 0 Å².